The van der Waals surface area contributed by atoms with Crippen LogP contribution < -0.4 is 0 Å². The van der Waals surface area contributed by atoms with Crippen LogP contribution in [0.15, 0.2) is 42.1 Å². The number of aryl methyl sites for hydroxylation is 1. The van der Waals surface area contributed by atoms with Crippen LogP contribution >= 0.6 is 0 Å². The third-order valence-electron chi connectivity index (χ3n) is 4.00. The van der Waals surface area contributed by atoms with Gasteiger partial charge in [-0.1, -0.05) is 29.8 Å². The van der Waals surface area contributed by atoms with Crippen LogP contribution in [-0.2, 0) is 6.42 Å². The molecule has 1 aliphatic rings. The van der Waals surface area contributed by atoms with Gasteiger partial charge in [-0.2, -0.15) is 0 Å². The molecule has 0 saturated heterocycles. The van der Waals surface area contributed by atoms with Crippen LogP contribution in [0.3, 0.4) is 0 Å². The monoisotopic (exact) mass is 252 g/mol. The highest BCUT2D eigenvalue weighted by Gasteiger charge is 2.08. The van der Waals surface area contributed by atoms with Gasteiger partial charge in [-0.25, -0.2) is 0 Å². The molecule has 0 amide bonds. The molecule has 98 valence electrons. The van der Waals surface area contributed by atoms with Crippen molar-refractivity contribution in [3.8, 4) is 0 Å². The van der Waals surface area contributed by atoms with Gasteiger partial charge in [0.15, 0.2) is 0 Å². The zero-order valence-corrected chi connectivity index (χ0v) is 11.2. The minimum absolute atomic E-state index is 0.877. The average molecular weight is 252 g/mol. The standard InChI is InChI=1S/C17H20N2/c18-15-10-8-13(9-11-15)4-3-5-14-12-19-17-7-2-1-6-16(14)17/h1-2,6-8,12,18-19H,3-5,9-11H2. The first-order valence-electron chi connectivity index (χ1n) is 7.12. The molecule has 1 aromatic carbocycles. The zero-order valence-electron chi connectivity index (χ0n) is 11.2. The lowest BCUT2D eigenvalue weighted by molar-refractivity contribution is 0.765. The smallest absolute Gasteiger partial charge is 0.0456 e. The van der Waals surface area contributed by atoms with Crippen LogP contribution in [0.4, 0.5) is 0 Å². The van der Waals surface area contributed by atoms with Crippen molar-refractivity contribution in [3.63, 3.8) is 0 Å². The second-order valence-electron chi connectivity index (χ2n) is 5.38. The van der Waals surface area contributed by atoms with Crippen LogP contribution in [-0.4, -0.2) is 10.7 Å². The first-order valence-corrected chi connectivity index (χ1v) is 7.12. The molecule has 2 N–H and O–H groups in total. The molecule has 0 radical (unpaired) electrons. The average Bonchev–Trinajstić information content (AvgIpc) is 2.85. The van der Waals surface area contributed by atoms with Crippen molar-refractivity contribution in [1.29, 1.82) is 5.41 Å². The number of aromatic amines is 1. The van der Waals surface area contributed by atoms with E-state index in [9.17, 15) is 0 Å². The highest BCUT2D eigenvalue weighted by Crippen LogP contribution is 2.23. The van der Waals surface area contributed by atoms with E-state index in [-0.39, 0.29) is 0 Å². The van der Waals surface area contributed by atoms with Crippen LogP contribution in [0, 0.1) is 5.41 Å². The molecule has 1 heterocycles. The molecule has 0 fully saturated rings. The van der Waals surface area contributed by atoms with E-state index in [1.807, 2.05) is 0 Å². The maximum Gasteiger partial charge on any atom is 0.0456 e. The van der Waals surface area contributed by atoms with E-state index < -0.39 is 0 Å². The zero-order chi connectivity index (χ0) is 13.1. The summed E-state index contributed by atoms with van der Waals surface area (Å²) in [6.45, 7) is 0. The Morgan fingerprint density at radius 2 is 2.00 bits per heavy atom. The maximum absolute atomic E-state index is 7.61. The number of nitrogens with one attached hydrogen (secondary N) is 2. The number of H-pyrrole nitrogens is 1. The highest BCUT2D eigenvalue weighted by molar-refractivity contribution is 5.84. The lowest BCUT2D eigenvalue weighted by Gasteiger charge is -2.13. The topological polar surface area (TPSA) is 39.6 Å². The van der Waals surface area contributed by atoms with Crippen molar-refractivity contribution in [2.75, 3.05) is 0 Å². The van der Waals surface area contributed by atoms with Gasteiger partial charge in [0.2, 0.25) is 0 Å². The number of hydrogen-bond acceptors (Lipinski definition) is 1. The second kappa shape index (κ2) is 5.43. The highest BCUT2D eigenvalue weighted by atomic mass is 14.7. The molecule has 0 unspecified atom stereocenters. The van der Waals surface area contributed by atoms with Crippen LogP contribution in [0.1, 0.15) is 37.7 Å². The third-order valence-corrected chi connectivity index (χ3v) is 4.00. The third kappa shape index (κ3) is 2.78. The van der Waals surface area contributed by atoms with Crippen LogP contribution in [0.2, 0.25) is 0 Å². The summed E-state index contributed by atoms with van der Waals surface area (Å²) in [6, 6.07) is 8.51. The van der Waals surface area contributed by atoms with Crippen molar-refractivity contribution in [2.45, 2.75) is 38.5 Å². The Kier molecular flexibility index (Phi) is 3.49. The molecule has 0 spiro atoms. The number of allylic oxidation sites excluding steroid dienone is 2. The van der Waals surface area contributed by atoms with E-state index in [4.69, 9.17) is 5.41 Å². The van der Waals surface area contributed by atoms with Crippen molar-refractivity contribution in [1.82, 2.24) is 4.98 Å². The van der Waals surface area contributed by atoms with E-state index in [1.54, 1.807) is 5.57 Å². The largest absolute Gasteiger partial charge is 0.361 e. The van der Waals surface area contributed by atoms with E-state index >= 15 is 0 Å². The molecule has 19 heavy (non-hydrogen) atoms. The number of fused-ring (bicyclic) bond motifs is 1. The van der Waals surface area contributed by atoms with E-state index in [0.29, 0.717) is 0 Å². The molecule has 0 atom stereocenters. The summed E-state index contributed by atoms with van der Waals surface area (Å²) in [5.74, 6) is 0. The number of rotatable bonds is 4. The Balaban J connectivity index is 1.59. The molecular formula is C17H20N2. The molecule has 1 aromatic heterocycles. The fourth-order valence-electron chi connectivity index (χ4n) is 2.85. The molecule has 2 nitrogen and oxygen atoms in total. The summed E-state index contributed by atoms with van der Waals surface area (Å²) in [5, 5.41) is 8.97. The Labute approximate surface area is 114 Å². The van der Waals surface area contributed by atoms with E-state index in [0.717, 1.165) is 31.4 Å². The van der Waals surface area contributed by atoms with Crippen LogP contribution in [0.5, 0.6) is 0 Å². The minimum Gasteiger partial charge on any atom is -0.361 e. The summed E-state index contributed by atoms with van der Waals surface area (Å²) in [4.78, 5) is 3.34. The van der Waals surface area contributed by atoms with Crippen molar-refractivity contribution in [3.05, 3.63) is 47.7 Å². The van der Waals surface area contributed by atoms with Gasteiger partial charge in [-0.3, -0.25) is 0 Å². The summed E-state index contributed by atoms with van der Waals surface area (Å²) in [7, 11) is 0. The number of hydrogen-bond donors (Lipinski definition) is 2. The predicted octanol–water partition coefficient (Wildman–Crippen LogP) is 4.62. The molecule has 2 heteroatoms. The predicted molar refractivity (Wildman–Crippen MR) is 80.9 cm³/mol. The lowest BCUT2D eigenvalue weighted by atomic mass is 9.93. The molecule has 3 rings (SSSR count). The van der Waals surface area contributed by atoms with Gasteiger partial charge >= 0.3 is 0 Å². The fraction of sp³-hybridized carbons (Fsp3) is 0.353. The van der Waals surface area contributed by atoms with Crippen molar-refractivity contribution < 1.29 is 0 Å². The van der Waals surface area contributed by atoms with E-state index in [2.05, 4.69) is 41.5 Å². The van der Waals surface area contributed by atoms with Gasteiger partial charge < -0.3 is 10.4 Å². The van der Waals surface area contributed by atoms with Crippen LogP contribution in [0.25, 0.3) is 10.9 Å². The first kappa shape index (κ1) is 12.2. The van der Waals surface area contributed by atoms with Gasteiger partial charge in [0.05, 0.1) is 0 Å². The summed E-state index contributed by atoms with van der Waals surface area (Å²) in [5.41, 5.74) is 5.11. The number of para-hydroxylation sites is 1. The molecule has 0 bridgehead atoms. The van der Waals surface area contributed by atoms with Gasteiger partial charge in [0, 0.05) is 29.2 Å². The Morgan fingerprint density at radius 3 is 2.84 bits per heavy atom. The van der Waals surface area contributed by atoms with Gasteiger partial charge in [0.25, 0.3) is 0 Å². The normalized spacial score (nSPS) is 15.8. The SMILES string of the molecule is N=C1CC=C(CCCc2c[nH]c3ccccc23)CC1. The second-order valence-corrected chi connectivity index (χ2v) is 5.38. The fourth-order valence-corrected chi connectivity index (χ4v) is 2.85. The van der Waals surface area contributed by atoms with Gasteiger partial charge in [-0.05, 0) is 43.7 Å². The number of benzene rings is 1. The molecular weight excluding hydrogens is 232 g/mol. The lowest BCUT2D eigenvalue weighted by Crippen LogP contribution is -2.03. The van der Waals surface area contributed by atoms with E-state index in [1.165, 1.54) is 29.3 Å². The minimum atomic E-state index is 0.877. The molecule has 2 aromatic rings. The van der Waals surface area contributed by atoms with Gasteiger partial charge in [-0.15, -0.1) is 0 Å². The Morgan fingerprint density at radius 1 is 1.11 bits per heavy atom. The summed E-state index contributed by atoms with van der Waals surface area (Å²) >= 11 is 0. The van der Waals surface area contributed by atoms with Crippen molar-refractivity contribution in [2.24, 2.45) is 0 Å². The molecule has 0 aliphatic heterocycles. The summed E-state index contributed by atoms with van der Waals surface area (Å²) in [6.07, 6.45) is 10.9. The Hall–Kier alpha value is -1.83. The van der Waals surface area contributed by atoms with Crippen molar-refractivity contribution >= 4 is 16.6 Å². The first-order chi connectivity index (χ1) is 9.33. The molecule has 0 saturated carbocycles. The summed E-state index contributed by atoms with van der Waals surface area (Å²) < 4.78 is 0. The molecule has 1 aliphatic carbocycles. The number of aromatic nitrogens is 1. The quantitative estimate of drug-likeness (QED) is 0.745. The van der Waals surface area contributed by atoms with Gasteiger partial charge in [0.1, 0.15) is 0 Å². The maximum atomic E-state index is 7.61. The Bertz CT molecular complexity index is 619.